The lowest BCUT2D eigenvalue weighted by Crippen LogP contribution is -2.15. The Balaban J connectivity index is 2.38. The number of aromatic nitrogens is 1. The molecule has 3 heteroatoms. The van der Waals surface area contributed by atoms with Crippen LogP contribution in [-0.4, -0.2) is 11.0 Å². The van der Waals surface area contributed by atoms with Crippen LogP contribution in [0.2, 0.25) is 0 Å². The van der Waals surface area contributed by atoms with Gasteiger partial charge >= 0.3 is 0 Å². The zero-order valence-electron chi connectivity index (χ0n) is 10.4. The van der Waals surface area contributed by atoms with E-state index in [9.17, 15) is 0 Å². The maximum atomic E-state index is 5.95. The minimum absolute atomic E-state index is 0.453. The van der Waals surface area contributed by atoms with Crippen LogP contribution in [0.1, 0.15) is 26.7 Å². The van der Waals surface area contributed by atoms with Gasteiger partial charge in [0.25, 0.3) is 0 Å². The van der Waals surface area contributed by atoms with Gasteiger partial charge < -0.3 is 11.1 Å². The summed E-state index contributed by atoms with van der Waals surface area (Å²) in [6.07, 6.45) is 4.13. The first-order chi connectivity index (χ1) is 8.22. The van der Waals surface area contributed by atoms with Gasteiger partial charge in [0.15, 0.2) is 0 Å². The standard InChI is InChI=1S/C14H19N3/c1-3-5-10(2)17-13-8-7-12(15)11-6-4-9-16-14(11)13/h4,6-10,17H,3,5,15H2,1-2H3. The molecular weight excluding hydrogens is 210 g/mol. The molecule has 0 aliphatic heterocycles. The largest absolute Gasteiger partial charge is 0.398 e. The Bertz CT molecular complexity index is 508. The molecular formula is C14H19N3. The summed E-state index contributed by atoms with van der Waals surface area (Å²) in [5, 5.41) is 4.51. The number of nitrogens with zero attached hydrogens (tertiary/aromatic N) is 1. The molecule has 3 nitrogen and oxygen atoms in total. The van der Waals surface area contributed by atoms with E-state index in [1.54, 1.807) is 6.20 Å². The van der Waals surface area contributed by atoms with Crippen molar-refractivity contribution in [1.82, 2.24) is 4.98 Å². The van der Waals surface area contributed by atoms with Crippen LogP contribution in [0.4, 0.5) is 11.4 Å². The molecule has 17 heavy (non-hydrogen) atoms. The van der Waals surface area contributed by atoms with Gasteiger partial charge in [0, 0.05) is 23.3 Å². The Morgan fingerprint density at radius 2 is 2.18 bits per heavy atom. The third-order valence-corrected chi connectivity index (χ3v) is 2.93. The minimum Gasteiger partial charge on any atom is -0.398 e. The maximum Gasteiger partial charge on any atom is 0.0953 e. The van der Waals surface area contributed by atoms with E-state index in [1.165, 1.54) is 6.42 Å². The molecule has 0 aliphatic carbocycles. The average molecular weight is 229 g/mol. The molecule has 0 aliphatic rings. The molecule has 0 spiro atoms. The normalized spacial score (nSPS) is 12.6. The first kappa shape index (κ1) is 11.7. The van der Waals surface area contributed by atoms with Gasteiger partial charge in [-0.25, -0.2) is 0 Å². The highest BCUT2D eigenvalue weighted by Crippen LogP contribution is 2.26. The van der Waals surface area contributed by atoms with E-state index in [0.29, 0.717) is 6.04 Å². The van der Waals surface area contributed by atoms with E-state index < -0.39 is 0 Å². The van der Waals surface area contributed by atoms with E-state index in [4.69, 9.17) is 5.73 Å². The zero-order chi connectivity index (χ0) is 12.3. The van der Waals surface area contributed by atoms with Gasteiger partial charge in [-0.2, -0.15) is 0 Å². The van der Waals surface area contributed by atoms with Crippen molar-refractivity contribution in [3.8, 4) is 0 Å². The molecule has 0 amide bonds. The number of fused-ring (bicyclic) bond motifs is 1. The number of rotatable bonds is 4. The molecule has 1 unspecified atom stereocenters. The Kier molecular flexibility index (Phi) is 3.47. The number of pyridine rings is 1. The predicted molar refractivity (Wildman–Crippen MR) is 74.1 cm³/mol. The SMILES string of the molecule is CCCC(C)Nc1ccc(N)c2cccnc12. The average Bonchev–Trinajstić information content (AvgIpc) is 2.34. The Morgan fingerprint density at radius 3 is 2.94 bits per heavy atom. The fourth-order valence-electron chi connectivity index (χ4n) is 2.08. The van der Waals surface area contributed by atoms with Crippen molar-refractivity contribution in [3.63, 3.8) is 0 Å². The number of nitrogens with two attached hydrogens (primary N) is 1. The van der Waals surface area contributed by atoms with Crippen LogP contribution in [0.5, 0.6) is 0 Å². The molecule has 90 valence electrons. The van der Waals surface area contributed by atoms with E-state index in [2.05, 4.69) is 24.1 Å². The quantitative estimate of drug-likeness (QED) is 0.790. The zero-order valence-corrected chi connectivity index (χ0v) is 10.4. The minimum atomic E-state index is 0.453. The summed E-state index contributed by atoms with van der Waals surface area (Å²) in [7, 11) is 0. The van der Waals surface area contributed by atoms with Crippen LogP contribution in [0.25, 0.3) is 10.9 Å². The first-order valence-corrected chi connectivity index (χ1v) is 6.12. The van der Waals surface area contributed by atoms with Crippen LogP contribution in [-0.2, 0) is 0 Å². The monoisotopic (exact) mass is 229 g/mol. The van der Waals surface area contributed by atoms with Gasteiger partial charge in [-0.3, -0.25) is 4.98 Å². The van der Waals surface area contributed by atoms with Gasteiger partial charge in [0.05, 0.1) is 11.2 Å². The second-order valence-electron chi connectivity index (χ2n) is 4.44. The molecule has 1 heterocycles. The molecule has 0 saturated heterocycles. The van der Waals surface area contributed by atoms with E-state index in [1.807, 2.05) is 24.3 Å². The van der Waals surface area contributed by atoms with Crippen LogP contribution >= 0.6 is 0 Å². The lowest BCUT2D eigenvalue weighted by atomic mass is 10.1. The summed E-state index contributed by atoms with van der Waals surface area (Å²) >= 11 is 0. The van der Waals surface area contributed by atoms with Crippen LogP contribution in [0.15, 0.2) is 30.5 Å². The maximum absolute atomic E-state index is 5.95. The number of nitrogen functional groups attached to an aromatic ring is 1. The molecule has 0 saturated carbocycles. The van der Waals surface area contributed by atoms with E-state index >= 15 is 0 Å². The van der Waals surface area contributed by atoms with Gasteiger partial charge in [0.1, 0.15) is 0 Å². The lowest BCUT2D eigenvalue weighted by Gasteiger charge is -2.16. The highest BCUT2D eigenvalue weighted by molar-refractivity contribution is 5.98. The summed E-state index contributed by atoms with van der Waals surface area (Å²) in [5.41, 5.74) is 8.75. The van der Waals surface area contributed by atoms with Crippen molar-refractivity contribution >= 4 is 22.3 Å². The lowest BCUT2D eigenvalue weighted by molar-refractivity contribution is 0.691. The Morgan fingerprint density at radius 1 is 1.35 bits per heavy atom. The molecule has 0 fully saturated rings. The Labute approximate surface area is 102 Å². The van der Waals surface area contributed by atoms with Crippen molar-refractivity contribution in [2.24, 2.45) is 0 Å². The van der Waals surface area contributed by atoms with Crippen molar-refractivity contribution in [3.05, 3.63) is 30.5 Å². The number of hydrogen-bond donors (Lipinski definition) is 2. The molecule has 3 N–H and O–H groups in total. The van der Waals surface area contributed by atoms with E-state index in [-0.39, 0.29) is 0 Å². The smallest absolute Gasteiger partial charge is 0.0953 e. The predicted octanol–water partition coefficient (Wildman–Crippen LogP) is 3.42. The molecule has 0 bridgehead atoms. The first-order valence-electron chi connectivity index (χ1n) is 6.12. The second kappa shape index (κ2) is 5.04. The molecule has 2 aromatic rings. The third-order valence-electron chi connectivity index (χ3n) is 2.93. The summed E-state index contributed by atoms with van der Waals surface area (Å²) in [5.74, 6) is 0. The van der Waals surface area contributed by atoms with Crippen LogP contribution in [0, 0.1) is 0 Å². The molecule has 1 aromatic carbocycles. The van der Waals surface area contributed by atoms with Crippen LogP contribution in [0.3, 0.4) is 0 Å². The van der Waals surface area contributed by atoms with Gasteiger partial charge in [-0.15, -0.1) is 0 Å². The summed E-state index contributed by atoms with van der Waals surface area (Å²) < 4.78 is 0. The molecule has 2 rings (SSSR count). The topological polar surface area (TPSA) is 50.9 Å². The van der Waals surface area contributed by atoms with Gasteiger partial charge in [-0.1, -0.05) is 13.3 Å². The van der Waals surface area contributed by atoms with Crippen molar-refractivity contribution < 1.29 is 0 Å². The summed E-state index contributed by atoms with van der Waals surface area (Å²) in [6.45, 7) is 4.38. The Hall–Kier alpha value is -1.77. The number of hydrogen-bond acceptors (Lipinski definition) is 3. The fourth-order valence-corrected chi connectivity index (χ4v) is 2.08. The highest BCUT2D eigenvalue weighted by Gasteiger charge is 2.07. The fraction of sp³-hybridized carbons (Fsp3) is 0.357. The molecule has 1 aromatic heterocycles. The van der Waals surface area contributed by atoms with E-state index in [0.717, 1.165) is 28.7 Å². The van der Waals surface area contributed by atoms with Gasteiger partial charge in [0.2, 0.25) is 0 Å². The number of anilines is 2. The number of nitrogens with one attached hydrogen (secondary N) is 1. The van der Waals surface area contributed by atoms with Crippen molar-refractivity contribution in [2.45, 2.75) is 32.7 Å². The second-order valence-corrected chi connectivity index (χ2v) is 4.44. The van der Waals surface area contributed by atoms with Crippen molar-refractivity contribution in [1.29, 1.82) is 0 Å². The summed E-state index contributed by atoms with van der Waals surface area (Å²) in [6, 6.07) is 8.32. The van der Waals surface area contributed by atoms with Crippen molar-refractivity contribution in [2.75, 3.05) is 11.1 Å². The summed E-state index contributed by atoms with van der Waals surface area (Å²) in [4.78, 5) is 4.41. The molecule has 0 radical (unpaired) electrons. The van der Waals surface area contributed by atoms with Gasteiger partial charge in [-0.05, 0) is 37.6 Å². The molecule has 1 atom stereocenters. The third kappa shape index (κ3) is 2.49. The highest BCUT2D eigenvalue weighted by atomic mass is 14.9. The van der Waals surface area contributed by atoms with Crippen LogP contribution < -0.4 is 11.1 Å². The number of benzene rings is 1.